The molecule has 0 saturated carbocycles. The molecular weight excluding hydrogens is 98.1 g/mol. The summed E-state index contributed by atoms with van der Waals surface area (Å²) in [7, 11) is 0. The molecule has 1 fully saturated rings. The van der Waals surface area contributed by atoms with Gasteiger partial charge in [0, 0.05) is 14.0 Å². The fraction of sp³-hybridized carbons (Fsp3) is 1.00. The van der Waals surface area contributed by atoms with E-state index in [2.05, 4.69) is 26.1 Å². The average Bonchev–Trinajstić information content (AvgIpc) is 1.82. The van der Waals surface area contributed by atoms with E-state index >= 15 is 0 Å². The van der Waals surface area contributed by atoms with Crippen LogP contribution in [0, 0.1) is 5.41 Å². The highest BCUT2D eigenvalue weighted by Gasteiger charge is 2.27. The van der Waals surface area contributed by atoms with E-state index in [9.17, 15) is 0 Å². The van der Waals surface area contributed by atoms with Crippen molar-refractivity contribution in [1.82, 2.24) is 5.32 Å². The molecule has 1 saturated heterocycles. The van der Waals surface area contributed by atoms with Crippen molar-refractivity contribution in [2.75, 3.05) is 6.54 Å². The first-order valence-corrected chi connectivity index (χ1v) is 3.33. The lowest BCUT2D eigenvalue weighted by molar-refractivity contribution is 0.405. The SMILES string of the molecule is CC1CC(C)(C)CN1.[HH]. The molecular formula is C7H17N. The maximum atomic E-state index is 3.41. The van der Waals surface area contributed by atoms with Gasteiger partial charge in [-0.3, -0.25) is 0 Å². The Balaban J connectivity index is 0.000000640. The third-order valence-corrected chi connectivity index (χ3v) is 1.79. The van der Waals surface area contributed by atoms with Gasteiger partial charge >= 0.3 is 0 Å². The van der Waals surface area contributed by atoms with Crippen LogP contribution in [0.25, 0.3) is 0 Å². The van der Waals surface area contributed by atoms with E-state index in [1.807, 2.05) is 0 Å². The van der Waals surface area contributed by atoms with Crippen molar-refractivity contribution in [3.63, 3.8) is 0 Å². The van der Waals surface area contributed by atoms with Gasteiger partial charge in [0.1, 0.15) is 0 Å². The molecule has 0 aliphatic carbocycles. The normalized spacial score (nSPS) is 35.6. The van der Waals surface area contributed by atoms with Crippen LogP contribution in [0.2, 0.25) is 0 Å². The zero-order valence-corrected chi connectivity index (χ0v) is 5.99. The van der Waals surface area contributed by atoms with E-state index < -0.39 is 0 Å². The fourth-order valence-electron chi connectivity index (χ4n) is 1.42. The summed E-state index contributed by atoms with van der Waals surface area (Å²) in [6.07, 6.45) is 1.33. The average molecular weight is 115 g/mol. The standard InChI is InChI=1S/C7H15N.H2/c1-6-4-7(2,3)5-8-6;/h6,8H,4-5H2,1-3H3;1H. The Kier molecular flexibility index (Phi) is 1.31. The predicted molar refractivity (Wildman–Crippen MR) is 38.0 cm³/mol. The molecule has 0 amide bonds. The van der Waals surface area contributed by atoms with Crippen molar-refractivity contribution in [1.29, 1.82) is 0 Å². The highest BCUT2D eigenvalue weighted by molar-refractivity contribution is 4.84. The molecule has 0 aromatic heterocycles. The number of hydrogen-bond acceptors (Lipinski definition) is 1. The van der Waals surface area contributed by atoms with Crippen LogP contribution in [0.15, 0.2) is 0 Å². The van der Waals surface area contributed by atoms with Gasteiger partial charge in [-0.1, -0.05) is 13.8 Å². The highest BCUT2D eigenvalue weighted by atomic mass is 15.0. The van der Waals surface area contributed by atoms with Crippen molar-refractivity contribution in [2.45, 2.75) is 33.2 Å². The second-order valence-corrected chi connectivity index (χ2v) is 3.65. The van der Waals surface area contributed by atoms with Crippen LogP contribution in [0.5, 0.6) is 0 Å². The molecule has 1 rings (SSSR count). The van der Waals surface area contributed by atoms with Gasteiger partial charge in [-0.15, -0.1) is 0 Å². The Morgan fingerprint density at radius 1 is 1.62 bits per heavy atom. The van der Waals surface area contributed by atoms with Gasteiger partial charge < -0.3 is 5.32 Å². The summed E-state index contributed by atoms with van der Waals surface area (Å²) in [5, 5.41) is 3.41. The first-order valence-electron chi connectivity index (χ1n) is 3.33. The summed E-state index contributed by atoms with van der Waals surface area (Å²) >= 11 is 0. The van der Waals surface area contributed by atoms with Crippen molar-refractivity contribution < 1.29 is 1.43 Å². The lowest BCUT2D eigenvalue weighted by Crippen LogP contribution is -2.18. The number of hydrogen-bond donors (Lipinski definition) is 1. The topological polar surface area (TPSA) is 12.0 Å². The molecule has 1 heteroatoms. The Hall–Kier alpha value is -0.0400. The molecule has 0 bridgehead atoms. The molecule has 50 valence electrons. The summed E-state index contributed by atoms with van der Waals surface area (Å²) in [5.41, 5.74) is 0.555. The molecule has 1 aliphatic heterocycles. The van der Waals surface area contributed by atoms with Crippen LogP contribution in [0.4, 0.5) is 0 Å². The maximum Gasteiger partial charge on any atom is 0.00445 e. The smallest absolute Gasteiger partial charge is 0.00445 e. The molecule has 0 spiro atoms. The van der Waals surface area contributed by atoms with E-state index in [0.717, 1.165) is 6.04 Å². The third kappa shape index (κ3) is 1.22. The molecule has 1 atom stereocenters. The fourth-order valence-corrected chi connectivity index (χ4v) is 1.42. The highest BCUT2D eigenvalue weighted by Crippen LogP contribution is 2.26. The van der Waals surface area contributed by atoms with Gasteiger partial charge in [0.25, 0.3) is 0 Å². The van der Waals surface area contributed by atoms with Crippen LogP contribution < -0.4 is 5.32 Å². The molecule has 8 heavy (non-hydrogen) atoms. The molecule has 0 aromatic rings. The van der Waals surface area contributed by atoms with Gasteiger partial charge in [0.2, 0.25) is 0 Å². The van der Waals surface area contributed by atoms with E-state index in [4.69, 9.17) is 0 Å². The second kappa shape index (κ2) is 1.73. The Morgan fingerprint density at radius 2 is 2.25 bits per heavy atom. The van der Waals surface area contributed by atoms with Crippen LogP contribution in [0.1, 0.15) is 28.6 Å². The molecule has 1 heterocycles. The van der Waals surface area contributed by atoms with Gasteiger partial charge in [-0.2, -0.15) is 0 Å². The van der Waals surface area contributed by atoms with Gasteiger partial charge in [0.15, 0.2) is 0 Å². The van der Waals surface area contributed by atoms with Crippen LogP contribution >= 0.6 is 0 Å². The van der Waals surface area contributed by atoms with Crippen molar-refractivity contribution in [3.05, 3.63) is 0 Å². The first kappa shape index (κ1) is 6.09. The Bertz CT molecular complexity index is 90.9. The number of rotatable bonds is 0. The summed E-state index contributed by atoms with van der Waals surface area (Å²) in [4.78, 5) is 0. The zero-order valence-electron chi connectivity index (χ0n) is 5.99. The second-order valence-electron chi connectivity index (χ2n) is 3.65. The minimum atomic E-state index is 0. The summed E-state index contributed by atoms with van der Waals surface area (Å²) in [5.74, 6) is 0. The minimum Gasteiger partial charge on any atom is -0.314 e. The predicted octanol–water partition coefficient (Wildman–Crippen LogP) is 1.64. The van der Waals surface area contributed by atoms with Crippen LogP contribution in [0.3, 0.4) is 0 Å². The van der Waals surface area contributed by atoms with Crippen molar-refractivity contribution in [3.8, 4) is 0 Å². The quantitative estimate of drug-likeness (QED) is 0.506. The first-order chi connectivity index (χ1) is 3.60. The van der Waals surface area contributed by atoms with Gasteiger partial charge in [0.05, 0.1) is 0 Å². The van der Waals surface area contributed by atoms with E-state index in [1.54, 1.807) is 0 Å². The summed E-state index contributed by atoms with van der Waals surface area (Å²) in [6.45, 7) is 8.05. The lowest BCUT2D eigenvalue weighted by Gasteiger charge is -2.13. The van der Waals surface area contributed by atoms with E-state index in [0.29, 0.717) is 5.41 Å². The summed E-state index contributed by atoms with van der Waals surface area (Å²) in [6, 6.07) is 0.741. The molecule has 1 aliphatic rings. The molecule has 1 unspecified atom stereocenters. The Labute approximate surface area is 53.0 Å². The van der Waals surface area contributed by atoms with Crippen LogP contribution in [-0.2, 0) is 0 Å². The third-order valence-electron chi connectivity index (χ3n) is 1.79. The van der Waals surface area contributed by atoms with Crippen molar-refractivity contribution >= 4 is 0 Å². The lowest BCUT2D eigenvalue weighted by atomic mass is 9.91. The molecule has 1 nitrogen and oxygen atoms in total. The summed E-state index contributed by atoms with van der Waals surface area (Å²) < 4.78 is 0. The van der Waals surface area contributed by atoms with E-state index in [1.165, 1.54) is 13.0 Å². The van der Waals surface area contributed by atoms with E-state index in [-0.39, 0.29) is 1.43 Å². The zero-order chi connectivity index (χ0) is 6.20. The van der Waals surface area contributed by atoms with Crippen molar-refractivity contribution in [2.24, 2.45) is 5.41 Å². The minimum absolute atomic E-state index is 0. The molecule has 0 radical (unpaired) electrons. The molecule has 0 aromatic carbocycles. The monoisotopic (exact) mass is 115 g/mol. The molecule has 1 N–H and O–H groups in total. The van der Waals surface area contributed by atoms with Gasteiger partial charge in [-0.25, -0.2) is 0 Å². The largest absolute Gasteiger partial charge is 0.314 e. The van der Waals surface area contributed by atoms with Gasteiger partial charge in [-0.05, 0) is 18.8 Å². The Morgan fingerprint density at radius 3 is 2.38 bits per heavy atom. The number of nitrogens with one attached hydrogen (secondary N) is 1. The van der Waals surface area contributed by atoms with Crippen LogP contribution in [-0.4, -0.2) is 12.6 Å². The maximum absolute atomic E-state index is 3.41.